The lowest BCUT2D eigenvalue weighted by Crippen LogP contribution is -2.47. The number of anilines is 1. The van der Waals surface area contributed by atoms with Crippen LogP contribution in [0.3, 0.4) is 0 Å². The molecule has 0 bridgehead atoms. The molecule has 0 radical (unpaired) electrons. The van der Waals surface area contributed by atoms with Crippen molar-refractivity contribution >= 4 is 5.69 Å². The molecule has 0 aromatic heterocycles. The van der Waals surface area contributed by atoms with Gasteiger partial charge in [0.1, 0.15) is 5.69 Å². The van der Waals surface area contributed by atoms with Gasteiger partial charge in [-0.1, -0.05) is 12.8 Å². The molecule has 1 heterocycles. The van der Waals surface area contributed by atoms with Crippen LogP contribution in [-0.2, 0) is 0 Å². The Balaban J connectivity index is 1.97. The van der Waals surface area contributed by atoms with E-state index in [9.17, 15) is 8.78 Å². The van der Waals surface area contributed by atoms with Crippen molar-refractivity contribution in [2.24, 2.45) is 5.92 Å². The molecule has 0 amide bonds. The SMILES string of the molecule is N#Cc1cc(F)c(N2CCC[C@H]3CCCC[C@H]32)c(F)c1. The van der Waals surface area contributed by atoms with Crippen LogP contribution in [0.25, 0.3) is 0 Å². The van der Waals surface area contributed by atoms with Crippen LogP contribution < -0.4 is 4.90 Å². The van der Waals surface area contributed by atoms with Crippen LogP contribution in [0.4, 0.5) is 14.5 Å². The Bertz CT molecular complexity index is 525. The molecule has 1 saturated carbocycles. The number of rotatable bonds is 1. The van der Waals surface area contributed by atoms with Gasteiger partial charge in [0.2, 0.25) is 0 Å². The number of benzene rings is 1. The molecule has 2 atom stereocenters. The highest BCUT2D eigenvalue weighted by Crippen LogP contribution is 2.39. The maximum absolute atomic E-state index is 14.2. The molecule has 2 nitrogen and oxygen atoms in total. The fourth-order valence-corrected chi connectivity index (χ4v) is 3.81. The van der Waals surface area contributed by atoms with E-state index in [1.807, 2.05) is 4.90 Å². The van der Waals surface area contributed by atoms with Crippen LogP contribution >= 0.6 is 0 Å². The number of nitriles is 1. The van der Waals surface area contributed by atoms with Gasteiger partial charge in [0.25, 0.3) is 0 Å². The lowest BCUT2D eigenvalue weighted by molar-refractivity contribution is 0.241. The predicted molar refractivity (Wildman–Crippen MR) is 73.4 cm³/mol. The first-order chi connectivity index (χ1) is 9.70. The van der Waals surface area contributed by atoms with E-state index in [2.05, 4.69) is 0 Å². The summed E-state index contributed by atoms with van der Waals surface area (Å²) in [5, 5.41) is 8.78. The van der Waals surface area contributed by atoms with E-state index in [0.29, 0.717) is 12.5 Å². The fraction of sp³-hybridized carbons (Fsp3) is 0.562. The third-order valence-electron chi connectivity index (χ3n) is 4.68. The summed E-state index contributed by atoms with van der Waals surface area (Å²) in [6.07, 6.45) is 6.70. The van der Waals surface area contributed by atoms with E-state index in [-0.39, 0.29) is 17.3 Å². The van der Waals surface area contributed by atoms with Crippen LogP contribution in [0.5, 0.6) is 0 Å². The molecule has 1 aliphatic heterocycles. The molecule has 106 valence electrons. The van der Waals surface area contributed by atoms with E-state index in [1.165, 1.54) is 19.3 Å². The Morgan fingerprint density at radius 3 is 2.40 bits per heavy atom. The molecule has 1 saturated heterocycles. The highest BCUT2D eigenvalue weighted by atomic mass is 19.1. The zero-order valence-corrected chi connectivity index (χ0v) is 11.4. The average Bonchev–Trinajstić information content (AvgIpc) is 2.46. The van der Waals surface area contributed by atoms with Gasteiger partial charge in [-0.3, -0.25) is 0 Å². The van der Waals surface area contributed by atoms with Gasteiger partial charge in [-0.25, -0.2) is 8.78 Å². The van der Waals surface area contributed by atoms with Gasteiger partial charge in [0, 0.05) is 12.6 Å². The van der Waals surface area contributed by atoms with Gasteiger partial charge in [0.15, 0.2) is 11.6 Å². The number of piperidine rings is 1. The van der Waals surface area contributed by atoms with Gasteiger partial charge in [-0.15, -0.1) is 0 Å². The number of fused-ring (bicyclic) bond motifs is 1. The van der Waals surface area contributed by atoms with Crippen molar-refractivity contribution in [1.82, 2.24) is 0 Å². The predicted octanol–water partition coefficient (Wildman–Crippen LogP) is 4.00. The van der Waals surface area contributed by atoms with Crippen LogP contribution in [0, 0.1) is 28.9 Å². The first kappa shape index (κ1) is 13.4. The van der Waals surface area contributed by atoms with E-state index in [0.717, 1.165) is 31.4 Å². The Morgan fingerprint density at radius 1 is 1.05 bits per heavy atom. The third kappa shape index (κ3) is 2.26. The lowest BCUT2D eigenvalue weighted by Gasteiger charge is -2.45. The normalized spacial score (nSPS) is 25.9. The highest BCUT2D eigenvalue weighted by Gasteiger charge is 2.35. The second-order valence-corrected chi connectivity index (χ2v) is 5.85. The van der Waals surface area contributed by atoms with Gasteiger partial charge in [-0.05, 0) is 43.7 Å². The van der Waals surface area contributed by atoms with Gasteiger partial charge in [-0.2, -0.15) is 5.26 Å². The maximum Gasteiger partial charge on any atom is 0.150 e. The Hall–Kier alpha value is -1.63. The smallest absolute Gasteiger partial charge is 0.150 e. The quantitative estimate of drug-likeness (QED) is 0.775. The summed E-state index contributed by atoms with van der Waals surface area (Å²) >= 11 is 0. The zero-order valence-electron chi connectivity index (χ0n) is 11.4. The molecular formula is C16H18F2N2. The molecule has 0 N–H and O–H groups in total. The molecule has 1 aromatic carbocycles. The Labute approximate surface area is 118 Å². The van der Waals surface area contributed by atoms with Crippen LogP contribution in [-0.4, -0.2) is 12.6 Å². The molecule has 1 aliphatic carbocycles. The lowest BCUT2D eigenvalue weighted by atomic mass is 9.78. The van der Waals surface area contributed by atoms with Crippen molar-refractivity contribution < 1.29 is 8.78 Å². The number of hydrogen-bond donors (Lipinski definition) is 0. The second kappa shape index (κ2) is 5.40. The molecule has 4 heteroatoms. The van der Waals surface area contributed by atoms with Crippen LogP contribution in [0.1, 0.15) is 44.1 Å². The summed E-state index contributed by atoms with van der Waals surface area (Å²) in [5.41, 5.74) is 0.113. The van der Waals surface area contributed by atoms with Gasteiger partial charge < -0.3 is 4.90 Å². The van der Waals surface area contributed by atoms with Crippen LogP contribution in [0.2, 0.25) is 0 Å². The molecule has 2 fully saturated rings. The third-order valence-corrected chi connectivity index (χ3v) is 4.68. The number of hydrogen-bond acceptors (Lipinski definition) is 2. The molecule has 2 aliphatic rings. The summed E-state index contributed by atoms with van der Waals surface area (Å²) in [5.74, 6) is -0.646. The minimum Gasteiger partial charge on any atom is -0.364 e. The summed E-state index contributed by atoms with van der Waals surface area (Å²) in [6.45, 7) is 0.709. The van der Waals surface area contributed by atoms with Gasteiger partial charge >= 0.3 is 0 Å². The minimum atomic E-state index is -0.604. The molecular weight excluding hydrogens is 258 g/mol. The summed E-state index contributed by atoms with van der Waals surface area (Å²) in [4.78, 5) is 1.92. The monoisotopic (exact) mass is 276 g/mol. The molecule has 3 rings (SSSR count). The highest BCUT2D eigenvalue weighted by molar-refractivity contribution is 5.54. The first-order valence-corrected chi connectivity index (χ1v) is 7.36. The van der Waals surface area contributed by atoms with E-state index >= 15 is 0 Å². The van der Waals surface area contributed by atoms with Crippen LogP contribution in [0.15, 0.2) is 12.1 Å². The Kier molecular flexibility index (Phi) is 3.60. The van der Waals surface area contributed by atoms with Crippen molar-refractivity contribution in [1.29, 1.82) is 5.26 Å². The first-order valence-electron chi connectivity index (χ1n) is 7.36. The molecule has 20 heavy (non-hydrogen) atoms. The fourth-order valence-electron chi connectivity index (χ4n) is 3.81. The average molecular weight is 276 g/mol. The van der Waals surface area contributed by atoms with E-state index in [4.69, 9.17) is 5.26 Å². The maximum atomic E-state index is 14.2. The molecule has 1 aromatic rings. The number of halogens is 2. The second-order valence-electron chi connectivity index (χ2n) is 5.85. The minimum absolute atomic E-state index is 0.0425. The summed E-state index contributed by atoms with van der Waals surface area (Å²) < 4.78 is 28.4. The van der Waals surface area contributed by atoms with Crippen molar-refractivity contribution in [3.05, 3.63) is 29.3 Å². The number of nitrogens with zero attached hydrogens (tertiary/aromatic N) is 2. The van der Waals surface area contributed by atoms with Crippen molar-refractivity contribution in [3.8, 4) is 6.07 Å². The van der Waals surface area contributed by atoms with Crippen molar-refractivity contribution in [2.45, 2.75) is 44.6 Å². The summed E-state index contributed by atoms with van der Waals surface area (Å²) in [6, 6.07) is 4.34. The zero-order chi connectivity index (χ0) is 14.1. The Morgan fingerprint density at radius 2 is 1.70 bits per heavy atom. The van der Waals surface area contributed by atoms with E-state index < -0.39 is 11.6 Å². The van der Waals surface area contributed by atoms with Gasteiger partial charge in [0.05, 0.1) is 11.6 Å². The van der Waals surface area contributed by atoms with E-state index in [1.54, 1.807) is 6.07 Å². The topological polar surface area (TPSA) is 27.0 Å². The van der Waals surface area contributed by atoms with Crippen molar-refractivity contribution in [2.75, 3.05) is 11.4 Å². The largest absolute Gasteiger partial charge is 0.364 e. The molecule has 0 unspecified atom stereocenters. The summed E-state index contributed by atoms with van der Waals surface area (Å²) in [7, 11) is 0. The molecule has 0 spiro atoms. The standard InChI is InChI=1S/C16H18F2N2/c17-13-8-11(10-19)9-14(18)16(13)20-7-3-5-12-4-1-2-6-15(12)20/h8-9,12,15H,1-7H2/t12-,15-/m1/s1. The van der Waals surface area contributed by atoms with Crippen molar-refractivity contribution in [3.63, 3.8) is 0 Å².